The average molecular weight is 364 g/mol. The Labute approximate surface area is 157 Å². The van der Waals surface area contributed by atoms with Crippen LogP contribution in [-0.2, 0) is 0 Å². The molecule has 1 fully saturated rings. The lowest BCUT2D eigenvalue weighted by molar-refractivity contribution is 0.0772. The van der Waals surface area contributed by atoms with Crippen molar-refractivity contribution in [1.29, 1.82) is 0 Å². The summed E-state index contributed by atoms with van der Waals surface area (Å²) in [4.78, 5) is 22.9. The van der Waals surface area contributed by atoms with Crippen molar-refractivity contribution in [2.24, 2.45) is 0 Å². The number of likely N-dealkylation sites (tertiary alicyclic amines) is 1. The molecule has 1 aliphatic heterocycles. The maximum atomic E-state index is 12.6. The number of carbonyl (C=O) groups is 1. The van der Waals surface area contributed by atoms with Crippen LogP contribution in [0, 0.1) is 13.8 Å². The molecule has 2 aromatic heterocycles. The molecule has 1 aliphatic rings. The first-order valence-corrected chi connectivity index (χ1v) is 8.88. The Hall–Kier alpha value is -3.22. The highest BCUT2D eigenvalue weighted by atomic mass is 16.5. The van der Waals surface area contributed by atoms with Crippen molar-refractivity contribution < 1.29 is 14.1 Å². The van der Waals surface area contributed by atoms with Crippen molar-refractivity contribution in [1.82, 2.24) is 20.0 Å². The van der Waals surface area contributed by atoms with Crippen molar-refractivity contribution in [2.75, 3.05) is 13.1 Å². The van der Waals surface area contributed by atoms with Crippen molar-refractivity contribution in [3.8, 4) is 17.2 Å². The molecule has 4 rings (SSSR count). The van der Waals surface area contributed by atoms with Crippen LogP contribution >= 0.6 is 0 Å². The van der Waals surface area contributed by atoms with Gasteiger partial charge in [0.25, 0.3) is 11.8 Å². The van der Waals surface area contributed by atoms with Gasteiger partial charge >= 0.3 is 0 Å². The summed E-state index contributed by atoms with van der Waals surface area (Å²) >= 11 is 0. The van der Waals surface area contributed by atoms with Gasteiger partial charge in [-0.2, -0.15) is 4.98 Å². The zero-order chi connectivity index (χ0) is 18.8. The van der Waals surface area contributed by atoms with Gasteiger partial charge in [-0.05, 0) is 38.1 Å². The fourth-order valence-electron chi connectivity index (χ4n) is 3.12. The van der Waals surface area contributed by atoms with E-state index in [1.54, 1.807) is 18.0 Å². The van der Waals surface area contributed by atoms with E-state index in [0.29, 0.717) is 36.1 Å². The number of hydrogen-bond acceptors (Lipinski definition) is 6. The number of aromatic nitrogens is 3. The third-order valence-electron chi connectivity index (χ3n) is 4.53. The lowest BCUT2D eigenvalue weighted by atomic mass is 10.2. The van der Waals surface area contributed by atoms with Gasteiger partial charge in [0, 0.05) is 24.9 Å². The lowest BCUT2D eigenvalue weighted by Gasteiger charge is -2.18. The normalized spacial score (nSPS) is 16.5. The summed E-state index contributed by atoms with van der Waals surface area (Å²) in [6.07, 6.45) is 2.30. The summed E-state index contributed by atoms with van der Waals surface area (Å²) in [6.45, 7) is 4.86. The predicted octanol–water partition coefficient (Wildman–Crippen LogP) is 3.04. The molecule has 0 bridgehead atoms. The van der Waals surface area contributed by atoms with Crippen molar-refractivity contribution in [3.05, 3.63) is 59.7 Å². The van der Waals surface area contributed by atoms with Crippen molar-refractivity contribution in [3.63, 3.8) is 0 Å². The molecular weight excluding hydrogens is 344 g/mol. The highest BCUT2D eigenvalue weighted by Crippen LogP contribution is 2.30. The van der Waals surface area contributed by atoms with Gasteiger partial charge in [-0.15, -0.1) is 0 Å². The van der Waals surface area contributed by atoms with Gasteiger partial charge < -0.3 is 14.2 Å². The summed E-state index contributed by atoms with van der Waals surface area (Å²) in [5.41, 5.74) is 2.25. The molecule has 1 saturated heterocycles. The number of pyridine rings is 1. The second-order valence-electron chi connectivity index (χ2n) is 6.61. The van der Waals surface area contributed by atoms with Gasteiger partial charge in [-0.1, -0.05) is 17.3 Å². The number of amides is 1. The minimum atomic E-state index is -0.0856. The predicted molar refractivity (Wildman–Crippen MR) is 98.4 cm³/mol. The number of carbonyl (C=O) groups excluding carboxylic acids is 1. The standard InChI is InChI=1S/C20H20N4O3/c1-13-7-8-15(11-21-13)20(25)24-10-9-16(12-24)26-18-6-4-3-5-17(18)19-22-14(2)23-27-19/h3-8,11,16H,9-10,12H2,1-2H3. The fraction of sp³-hybridized carbons (Fsp3) is 0.300. The number of para-hydroxylation sites is 1. The topological polar surface area (TPSA) is 81.4 Å². The molecular formula is C20H20N4O3. The van der Waals surface area contributed by atoms with Crippen LogP contribution in [0.2, 0.25) is 0 Å². The zero-order valence-corrected chi connectivity index (χ0v) is 15.3. The first kappa shape index (κ1) is 17.2. The van der Waals surface area contributed by atoms with Crippen LogP contribution < -0.4 is 4.74 Å². The highest BCUT2D eigenvalue weighted by Gasteiger charge is 2.29. The molecule has 138 valence electrons. The Morgan fingerprint density at radius 2 is 2.07 bits per heavy atom. The van der Waals surface area contributed by atoms with Crippen molar-refractivity contribution >= 4 is 5.91 Å². The van der Waals surface area contributed by atoms with Crippen LogP contribution in [0.25, 0.3) is 11.5 Å². The number of hydrogen-bond donors (Lipinski definition) is 0. The van der Waals surface area contributed by atoms with E-state index < -0.39 is 0 Å². The maximum absolute atomic E-state index is 12.6. The number of rotatable bonds is 4. The second kappa shape index (κ2) is 7.19. The van der Waals surface area contributed by atoms with Gasteiger partial charge in [0.1, 0.15) is 11.9 Å². The lowest BCUT2D eigenvalue weighted by Crippen LogP contribution is -2.31. The quantitative estimate of drug-likeness (QED) is 0.708. The molecule has 0 radical (unpaired) electrons. The first-order chi connectivity index (χ1) is 13.1. The van der Waals surface area contributed by atoms with E-state index in [1.165, 1.54) is 0 Å². The molecule has 3 aromatic rings. The highest BCUT2D eigenvalue weighted by molar-refractivity contribution is 5.94. The van der Waals surface area contributed by atoms with E-state index in [2.05, 4.69) is 15.1 Å². The SMILES string of the molecule is Cc1ccc(C(=O)N2CCC(Oc3ccccc3-c3nc(C)no3)C2)cn1. The van der Waals surface area contributed by atoms with E-state index in [1.807, 2.05) is 43.3 Å². The van der Waals surface area contributed by atoms with E-state index in [4.69, 9.17) is 9.26 Å². The number of benzene rings is 1. The molecule has 1 atom stereocenters. The van der Waals surface area contributed by atoms with Gasteiger partial charge in [0.05, 0.1) is 17.7 Å². The van der Waals surface area contributed by atoms with Crippen LogP contribution in [0.1, 0.15) is 28.3 Å². The Morgan fingerprint density at radius 3 is 2.81 bits per heavy atom. The van der Waals surface area contributed by atoms with E-state index in [0.717, 1.165) is 17.7 Å². The van der Waals surface area contributed by atoms with Gasteiger partial charge in [0.2, 0.25) is 0 Å². The Morgan fingerprint density at radius 1 is 1.22 bits per heavy atom. The molecule has 1 unspecified atom stereocenters. The Bertz CT molecular complexity index is 952. The number of aryl methyl sites for hydroxylation is 2. The summed E-state index contributed by atoms with van der Waals surface area (Å²) in [6, 6.07) is 11.2. The van der Waals surface area contributed by atoms with E-state index >= 15 is 0 Å². The molecule has 0 N–H and O–H groups in total. The van der Waals surface area contributed by atoms with Gasteiger partial charge in [-0.25, -0.2) is 0 Å². The van der Waals surface area contributed by atoms with Crippen LogP contribution in [0.5, 0.6) is 5.75 Å². The largest absolute Gasteiger partial charge is 0.488 e. The van der Waals surface area contributed by atoms with Crippen LogP contribution in [0.4, 0.5) is 0 Å². The summed E-state index contributed by atoms with van der Waals surface area (Å²) in [7, 11) is 0. The fourth-order valence-corrected chi connectivity index (χ4v) is 3.12. The molecule has 7 nitrogen and oxygen atoms in total. The maximum Gasteiger partial charge on any atom is 0.261 e. The average Bonchev–Trinajstić information content (AvgIpc) is 3.31. The molecule has 0 saturated carbocycles. The minimum Gasteiger partial charge on any atom is -0.488 e. The summed E-state index contributed by atoms with van der Waals surface area (Å²) in [5.74, 6) is 1.66. The minimum absolute atomic E-state index is 0.0191. The summed E-state index contributed by atoms with van der Waals surface area (Å²) in [5, 5.41) is 3.84. The Balaban J connectivity index is 1.46. The van der Waals surface area contributed by atoms with Gasteiger partial charge in [-0.3, -0.25) is 9.78 Å². The summed E-state index contributed by atoms with van der Waals surface area (Å²) < 4.78 is 11.4. The third kappa shape index (κ3) is 3.67. The van der Waals surface area contributed by atoms with E-state index in [9.17, 15) is 4.79 Å². The van der Waals surface area contributed by atoms with Crippen LogP contribution in [-0.4, -0.2) is 45.1 Å². The molecule has 0 aliphatic carbocycles. The Kier molecular flexibility index (Phi) is 4.58. The first-order valence-electron chi connectivity index (χ1n) is 8.88. The molecule has 7 heteroatoms. The van der Waals surface area contributed by atoms with Gasteiger partial charge in [0.15, 0.2) is 5.82 Å². The van der Waals surface area contributed by atoms with E-state index in [-0.39, 0.29) is 12.0 Å². The van der Waals surface area contributed by atoms with Crippen LogP contribution in [0.15, 0.2) is 47.1 Å². The molecule has 3 heterocycles. The molecule has 1 aromatic carbocycles. The number of nitrogens with zero attached hydrogens (tertiary/aromatic N) is 4. The van der Waals surface area contributed by atoms with Crippen molar-refractivity contribution in [2.45, 2.75) is 26.4 Å². The smallest absolute Gasteiger partial charge is 0.261 e. The molecule has 1 amide bonds. The van der Waals surface area contributed by atoms with Crippen LogP contribution in [0.3, 0.4) is 0 Å². The third-order valence-corrected chi connectivity index (χ3v) is 4.53. The number of ether oxygens (including phenoxy) is 1. The second-order valence-corrected chi connectivity index (χ2v) is 6.61. The zero-order valence-electron chi connectivity index (χ0n) is 15.3. The molecule has 0 spiro atoms. The molecule has 27 heavy (non-hydrogen) atoms. The monoisotopic (exact) mass is 364 g/mol.